The van der Waals surface area contributed by atoms with Gasteiger partial charge in [-0.3, -0.25) is 14.9 Å². The van der Waals surface area contributed by atoms with Crippen molar-refractivity contribution in [1.82, 2.24) is 4.98 Å². The van der Waals surface area contributed by atoms with Gasteiger partial charge in [0.25, 0.3) is 5.69 Å². The quantitative estimate of drug-likeness (QED) is 0.414. The molecule has 0 saturated carbocycles. The smallest absolute Gasteiger partial charge is 0.270 e. The fourth-order valence-corrected chi connectivity index (χ4v) is 3.06. The number of hydrogen-bond acceptors (Lipinski definition) is 3. The van der Waals surface area contributed by atoms with Gasteiger partial charge in [0, 0.05) is 23.0 Å². The lowest BCUT2D eigenvalue weighted by Gasteiger charge is -2.05. The lowest BCUT2D eigenvalue weighted by molar-refractivity contribution is -0.384. The van der Waals surface area contributed by atoms with Gasteiger partial charge in [0.1, 0.15) is 0 Å². The summed E-state index contributed by atoms with van der Waals surface area (Å²) >= 11 is 12.2. The number of aromatic amines is 1. The Morgan fingerprint density at radius 3 is 2.43 bits per heavy atom. The monoisotopic (exact) mass is 348 g/mol. The molecule has 0 aliphatic carbocycles. The molecule has 1 N–H and O–H groups in total. The van der Waals surface area contributed by atoms with E-state index in [1.54, 1.807) is 31.2 Å². The predicted molar refractivity (Wildman–Crippen MR) is 89.6 cm³/mol. The van der Waals surface area contributed by atoms with Gasteiger partial charge >= 0.3 is 0 Å². The number of aryl methyl sites for hydroxylation is 1. The number of nitro benzene ring substituents is 1. The van der Waals surface area contributed by atoms with Crippen molar-refractivity contribution in [3.8, 4) is 0 Å². The Balaban J connectivity index is 2.19. The number of nitrogens with one attached hydrogen (secondary N) is 1. The van der Waals surface area contributed by atoms with Crippen LogP contribution < -0.4 is 0 Å². The maximum absolute atomic E-state index is 12.8. The summed E-state index contributed by atoms with van der Waals surface area (Å²) in [5.74, 6) is -0.350. The van der Waals surface area contributed by atoms with Gasteiger partial charge in [-0.1, -0.05) is 29.3 Å². The molecule has 0 aliphatic heterocycles. The SMILES string of the molecule is Cc1c(C(=O)c2c(Cl)cccc2Cl)[nH]c2ccc([N+](=O)[O-])cc12. The minimum absolute atomic E-state index is 0.0330. The van der Waals surface area contributed by atoms with Gasteiger partial charge in [0.15, 0.2) is 0 Å². The number of aromatic nitrogens is 1. The number of hydrogen-bond donors (Lipinski definition) is 1. The maximum atomic E-state index is 12.8. The summed E-state index contributed by atoms with van der Waals surface area (Å²) in [5.41, 5.74) is 1.74. The molecular formula is C16H10Cl2N2O3. The first kappa shape index (κ1) is 15.5. The van der Waals surface area contributed by atoms with E-state index in [2.05, 4.69) is 4.98 Å². The molecule has 0 aliphatic rings. The van der Waals surface area contributed by atoms with Gasteiger partial charge in [-0.15, -0.1) is 0 Å². The van der Waals surface area contributed by atoms with Crippen molar-refractivity contribution in [1.29, 1.82) is 0 Å². The van der Waals surface area contributed by atoms with Crippen molar-refractivity contribution in [3.05, 3.63) is 73.4 Å². The van der Waals surface area contributed by atoms with Crippen molar-refractivity contribution in [2.45, 2.75) is 6.92 Å². The van der Waals surface area contributed by atoms with E-state index >= 15 is 0 Å². The molecule has 0 saturated heterocycles. The molecule has 3 rings (SSSR count). The standard InChI is InChI=1S/C16H10Cl2N2O3/c1-8-10-7-9(20(22)23)5-6-13(10)19-15(8)16(21)14-11(17)3-2-4-12(14)18/h2-7,19H,1H3. The van der Waals surface area contributed by atoms with Crippen LogP contribution in [0.2, 0.25) is 10.0 Å². The number of nitrogens with zero attached hydrogens (tertiary/aromatic N) is 1. The summed E-state index contributed by atoms with van der Waals surface area (Å²) < 4.78 is 0. The Kier molecular flexibility index (Phi) is 3.83. The van der Waals surface area contributed by atoms with Crippen molar-refractivity contribution in [2.24, 2.45) is 0 Å². The first-order chi connectivity index (χ1) is 10.9. The summed E-state index contributed by atoms with van der Waals surface area (Å²) in [7, 11) is 0. The van der Waals surface area contributed by atoms with E-state index in [1.807, 2.05) is 0 Å². The Morgan fingerprint density at radius 1 is 1.17 bits per heavy atom. The summed E-state index contributed by atoms with van der Waals surface area (Å²) in [5, 5.41) is 12.0. The van der Waals surface area contributed by atoms with Crippen LogP contribution in [0, 0.1) is 17.0 Å². The van der Waals surface area contributed by atoms with Crippen molar-refractivity contribution in [2.75, 3.05) is 0 Å². The topological polar surface area (TPSA) is 76.0 Å². The van der Waals surface area contributed by atoms with Gasteiger partial charge in [-0.25, -0.2) is 0 Å². The molecule has 0 amide bonds. The molecule has 0 fully saturated rings. The normalized spacial score (nSPS) is 10.9. The number of non-ortho nitro benzene ring substituents is 1. The van der Waals surface area contributed by atoms with Crippen LogP contribution in [0.15, 0.2) is 36.4 Å². The van der Waals surface area contributed by atoms with Crippen molar-refractivity contribution < 1.29 is 9.72 Å². The van der Waals surface area contributed by atoms with E-state index < -0.39 is 4.92 Å². The highest BCUT2D eigenvalue weighted by molar-refractivity contribution is 6.41. The third kappa shape index (κ3) is 2.58. The number of fused-ring (bicyclic) bond motifs is 1. The largest absolute Gasteiger partial charge is 0.352 e. The lowest BCUT2D eigenvalue weighted by atomic mass is 10.0. The number of H-pyrrole nitrogens is 1. The van der Waals surface area contributed by atoms with E-state index in [9.17, 15) is 14.9 Å². The fourth-order valence-electron chi connectivity index (χ4n) is 2.49. The highest BCUT2D eigenvalue weighted by Crippen LogP contribution is 2.31. The molecule has 23 heavy (non-hydrogen) atoms. The van der Waals surface area contributed by atoms with Crippen LogP contribution in [-0.2, 0) is 0 Å². The zero-order valence-electron chi connectivity index (χ0n) is 11.9. The fraction of sp³-hybridized carbons (Fsp3) is 0.0625. The molecule has 0 radical (unpaired) electrons. The zero-order chi connectivity index (χ0) is 16.7. The first-order valence-corrected chi connectivity index (χ1v) is 7.41. The molecule has 0 unspecified atom stereocenters. The molecular weight excluding hydrogens is 339 g/mol. The second-order valence-corrected chi connectivity index (χ2v) is 5.85. The number of rotatable bonds is 3. The second-order valence-electron chi connectivity index (χ2n) is 5.04. The molecule has 5 nitrogen and oxygen atoms in total. The third-order valence-corrected chi connectivity index (χ3v) is 4.30. The van der Waals surface area contributed by atoms with Crippen molar-refractivity contribution in [3.63, 3.8) is 0 Å². The molecule has 2 aromatic carbocycles. The van der Waals surface area contributed by atoms with Crippen LogP contribution in [0.25, 0.3) is 10.9 Å². The summed E-state index contributed by atoms with van der Waals surface area (Å²) in [6.45, 7) is 1.72. The zero-order valence-corrected chi connectivity index (χ0v) is 13.4. The predicted octanol–water partition coefficient (Wildman–Crippen LogP) is 4.92. The third-order valence-electron chi connectivity index (χ3n) is 3.67. The van der Waals surface area contributed by atoms with Gasteiger partial charge in [0.05, 0.1) is 26.2 Å². The first-order valence-electron chi connectivity index (χ1n) is 6.65. The minimum Gasteiger partial charge on any atom is -0.352 e. The molecule has 0 spiro atoms. The van der Waals surface area contributed by atoms with Crippen LogP contribution in [-0.4, -0.2) is 15.7 Å². The number of halogens is 2. The lowest BCUT2D eigenvalue weighted by Crippen LogP contribution is -2.05. The van der Waals surface area contributed by atoms with Crippen LogP contribution in [0.1, 0.15) is 21.6 Å². The maximum Gasteiger partial charge on any atom is 0.270 e. The summed E-state index contributed by atoms with van der Waals surface area (Å²) in [6.07, 6.45) is 0. The van der Waals surface area contributed by atoms with Crippen LogP contribution >= 0.6 is 23.2 Å². The molecule has 0 bridgehead atoms. The number of nitro groups is 1. The van der Waals surface area contributed by atoms with Crippen molar-refractivity contribution >= 4 is 45.6 Å². The second kappa shape index (κ2) is 5.68. The average Bonchev–Trinajstić information content (AvgIpc) is 2.83. The van der Waals surface area contributed by atoms with E-state index in [-0.39, 0.29) is 27.1 Å². The average molecular weight is 349 g/mol. The Morgan fingerprint density at radius 2 is 1.83 bits per heavy atom. The minimum atomic E-state index is -0.474. The molecule has 0 atom stereocenters. The molecule has 7 heteroatoms. The van der Waals surface area contributed by atoms with Crippen LogP contribution in [0.3, 0.4) is 0 Å². The molecule has 1 aromatic heterocycles. The number of carbonyl (C=O) groups excluding carboxylic acids is 1. The van der Waals surface area contributed by atoms with Crippen LogP contribution in [0.5, 0.6) is 0 Å². The van der Waals surface area contributed by atoms with E-state index in [1.165, 1.54) is 12.1 Å². The molecule has 1 heterocycles. The Hall–Kier alpha value is -2.37. The summed E-state index contributed by atoms with van der Waals surface area (Å²) in [6, 6.07) is 9.22. The number of benzene rings is 2. The van der Waals surface area contributed by atoms with Gasteiger partial charge in [0.2, 0.25) is 5.78 Å². The number of carbonyl (C=O) groups is 1. The molecule has 116 valence electrons. The molecule has 3 aromatic rings. The van der Waals surface area contributed by atoms with E-state index in [4.69, 9.17) is 23.2 Å². The Labute approximate surface area is 141 Å². The van der Waals surface area contributed by atoms with Gasteiger partial charge < -0.3 is 4.98 Å². The highest BCUT2D eigenvalue weighted by Gasteiger charge is 2.22. The van der Waals surface area contributed by atoms with E-state index in [0.717, 1.165) is 0 Å². The number of ketones is 1. The highest BCUT2D eigenvalue weighted by atomic mass is 35.5. The van der Waals surface area contributed by atoms with E-state index in [0.29, 0.717) is 22.2 Å². The summed E-state index contributed by atoms with van der Waals surface area (Å²) in [4.78, 5) is 26.2. The van der Waals surface area contributed by atoms with Crippen LogP contribution in [0.4, 0.5) is 5.69 Å². The van der Waals surface area contributed by atoms with Gasteiger partial charge in [-0.2, -0.15) is 0 Å². The Bertz CT molecular complexity index is 943. The van der Waals surface area contributed by atoms with Gasteiger partial charge in [-0.05, 0) is 30.7 Å².